The van der Waals surface area contributed by atoms with Crippen molar-refractivity contribution in [1.29, 1.82) is 0 Å². The van der Waals surface area contributed by atoms with E-state index in [1.807, 2.05) is 6.07 Å². The fraction of sp³-hybridized carbons (Fsp3) is 0.395. The number of halogens is 2. The van der Waals surface area contributed by atoms with Crippen LogP contribution in [0.3, 0.4) is 0 Å². The average Bonchev–Trinajstić information content (AvgIpc) is 3.42. The van der Waals surface area contributed by atoms with E-state index in [0.29, 0.717) is 11.8 Å². The van der Waals surface area contributed by atoms with Crippen LogP contribution in [0.2, 0.25) is 0 Å². The van der Waals surface area contributed by atoms with E-state index in [4.69, 9.17) is 0 Å². The summed E-state index contributed by atoms with van der Waals surface area (Å²) in [4.78, 5) is 0. The molecule has 0 fully saturated rings. The van der Waals surface area contributed by atoms with Crippen LogP contribution in [-0.4, -0.2) is 3.71 Å². The normalized spacial score (nSPS) is 15.0. The molecular formula is C38H46Cl2Zr-2. The quantitative estimate of drug-likeness (QED) is 0.285. The first-order chi connectivity index (χ1) is 18.2. The van der Waals surface area contributed by atoms with E-state index < -0.39 is 0 Å². The zero-order valence-corrected chi connectivity index (χ0v) is 30.5. The molecule has 3 heteroatoms. The summed E-state index contributed by atoms with van der Waals surface area (Å²) in [5.41, 5.74) is 12.9. The van der Waals surface area contributed by atoms with E-state index >= 15 is 0 Å². The second-order valence-corrected chi connectivity index (χ2v) is 13.9. The van der Waals surface area contributed by atoms with Crippen molar-refractivity contribution in [2.24, 2.45) is 11.8 Å². The Balaban J connectivity index is 0.000000352. The minimum absolute atomic E-state index is 0. The molecule has 0 spiro atoms. The van der Waals surface area contributed by atoms with E-state index in [1.165, 1.54) is 74.3 Å². The molecule has 0 radical (unpaired) electrons. The predicted octanol–water partition coefficient (Wildman–Crippen LogP) is 4.01. The van der Waals surface area contributed by atoms with Gasteiger partial charge in [-0.1, -0.05) is 116 Å². The van der Waals surface area contributed by atoms with Crippen molar-refractivity contribution in [1.82, 2.24) is 0 Å². The molecule has 2 aliphatic rings. The van der Waals surface area contributed by atoms with Gasteiger partial charge in [-0.25, -0.2) is 5.57 Å². The molecule has 0 bridgehead atoms. The van der Waals surface area contributed by atoms with Crippen LogP contribution in [0.4, 0.5) is 0 Å². The molecule has 41 heavy (non-hydrogen) atoms. The molecule has 0 amide bonds. The minimum atomic E-state index is 0. The second-order valence-electron chi connectivity index (χ2n) is 13.2. The van der Waals surface area contributed by atoms with E-state index in [9.17, 15) is 0 Å². The Morgan fingerprint density at radius 1 is 0.854 bits per heavy atom. The molecule has 1 unspecified atom stereocenters. The molecule has 0 heterocycles. The molecule has 0 N–H and O–H groups in total. The summed E-state index contributed by atoms with van der Waals surface area (Å²) < 4.78 is 2.17. The third-order valence-corrected chi connectivity index (χ3v) is 8.24. The Morgan fingerprint density at radius 3 is 1.88 bits per heavy atom. The number of fused-ring (bicyclic) bond motifs is 3. The van der Waals surface area contributed by atoms with Crippen molar-refractivity contribution in [3.8, 4) is 11.1 Å². The van der Waals surface area contributed by atoms with Crippen LogP contribution in [0.15, 0.2) is 77.9 Å². The fourth-order valence-corrected chi connectivity index (χ4v) is 5.49. The summed E-state index contributed by atoms with van der Waals surface area (Å²) in [7, 11) is 0. The molecule has 5 rings (SSSR count). The maximum atomic E-state index is 3.53. The van der Waals surface area contributed by atoms with E-state index in [1.54, 1.807) is 0 Å². The summed E-state index contributed by atoms with van der Waals surface area (Å²) >= 11 is 1.46. The maximum absolute atomic E-state index is 3.53. The Kier molecular flexibility index (Phi) is 14.5. The SMILES string of the molecule is CC(C)(C)c1c[c-]c2c(c1)-c1cc(C(C)(C)C)ccc1C2.CC1=[C-]C(C)C=C1C(C)C.[Cl-].[Cl-].[Zr+2]=[CH]c1ccccc1. The third kappa shape index (κ3) is 10.3. The monoisotopic (exact) mass is 662 g/mol. The summed E-state index contributed by atoms with van der Waals surface area (Å²) in [5, 5.41) is 0. The van der Waals surface area contributed by atoms with Crippen molar-refractivity contribution < 1.29 is 49.0 Å². The van der Waals surface area contributed by atoms with Gasteiger partial charge in [0.15, 0.2) is 0 Å². The van der Waals surface area contributed by atoms with Gasteiger partial charge in [-0.2, -0.15) is 41.0 Å². The van der Waals surface area contributed by atoms with E-state index in [-0.39, 0.29) is 35.6 Å². The van der Waals surface area contributed by atoms with E-state index in [2.05, 4.69) is 146 Å². The van der Waals surface area contributed by atoms with Gasteiger partial charge in [-0.05, 0) is 17.4 Å². The molecule has 0 saturated carbocycles. The Morgan fingerprint density at radius 2 is 1.44 bits per heavy atom. The van der Waals surface area contributed by atoms with Crippen LogP contribution in [-0.2, 0) is 41.5 Å². The number of hydrogen-bond donors (Lipinski definition) is 0. The Hall–Kier alpha value is -1.53. The molecule has 3 aromatic rings. The molecule has 0 nitrogen and oxygen atoms in total. The zero-order chi connectivity index (χ0) is 29.0. The summed E-state index contributed by atoms with van der Waals surface area (Å²) in [6.45, 7) is 22.4. The average molecular weight is 665 g/mol. The Labute approximate surface area is 278 Å². The van der Waals surface area contributed by atoms with Crippen molar-refractivity contribution in [2.75, 3.05) is 0 Å². The van der Waals surface area contributed by atoms with Crippen LogP contribution >= 0.6 is 0 Å². The molecule has 218 valence electrons. The first-order valence-electron chi connectivity index (χ1n) is 14.3. The van der Waals surface area contributed by atoms with Gasteiger partial charge in [0.05, 0.1) is 0 Å². The van der Waals surface area contributed by atoms with Gasteiger partial charge in [0.2, 0.25) is 0 Å². The van der Waals surface area contributed by atoms with E-state index in [0.717, 1.165) is 6.42 Å². The van der Waals surface area contributed by atoms with Crippen LogP contribution in [0, 0.1) is 24.0 Å². The van der Waals surface area contributed by atoms with Crippen molar-refractivity contribution >= 4 is 3.71 Å². The zero-order valence-electron chi connectivity index (χ0n) is 26.5. The third-order valence-electron chi connectivity index (χ3n) is 7.42. The summed E-state index contributed by atoms with van der Waals surface area (Å²) in [6.07, 6.45) is 6.71. The number of hydrogen-bond acceptors (Lipinski definition) is 0. The fourth-order valence-electron chi connectivity index (χ4n) is 5.02. The first-order valence-corrected chi connectivity index (χ1v) is 15.7. The number of allylic oxidation sites excluding steroid dienone is 4. The number of benzene rings is 3. The van der Waals surface area contributed by atoms with Gasteiger partial charge < -0.3 is 24.8 Å². The van der Waals surface area contributed by atoms with Gasteiger partial charge in [0.25, 0.3) is 0 Å². The van der Waals surface area contributed by atoms with Crippen LogP contribution < -0.4 is 24.8 Å². The molecule has 0 aliphatic heterocycles. The van der Waals surface area contributed by atoms with Crippen LogP contribution in [0.25, 0.3) is 11.1 Å². The van der Waals surface area contributed by atoms with Crippen molar-refractivity contribution in [3.05, 3.63) is 118 Å². The first kappa shape index (κ1) is 37.5. The van der Waals surface area contributed by atoms with Crippen molar-refractivity contribution in [2.45, 2.75) is 86.5 Å². The van der Waals surface area contributed by atoms with Crippen molar-refractivity contribution in [3.63, 3.8) is 0 Å². The molecule has 2 aliphatic carbocycles. The van der Waals surface area contributed by atoms with Gasteiger partial charge in [-0.3, -0.25) is 6.08 Å². The topological polar surface area (TPSA) is 0 Å². The van der Waals surface area contributed by atoms with Crippen LogP contribution in [0.5, 0.6) is 0 Å². The standard InChI is InChI=1S/C21H25.C10H15.C7H6.2ClH.Zr/c1-20(2,3)16-9-7-14-11-15-8-10-17(21(4,5)6)13-19(15)18(14)12-16;1-7(2)10-6-8(3)5-9(10)4;1-7-5-3-2-4-6-7;;;/h7,9-10,12-13H,11H2,1-6H3;6-8H,1-4H3;1-6H;2*1H;/q2*-1;;;;+2/p-2. The second kappa shape index (κ2) is 15.8. The van der Waals surface area contributed by atoms with Crippen LogP contribution in [0.1, 0.15) is 97.1 Å². The van der Waals surface area contributed by atoms with Gasteiger partial charge >= 0.3 is 63.8 Å². The molecule has 0 saturated heterocycles. The predicted molar refractivity (Wildman–Crippen MR) is 167 cm³/mol. The summed E-state index contributed by atoms with van der Waals surface area (Å²) in [6, 6.07) is 25.4. The summed E-state index contributed by atoms with van der Waals surface area (Å²) in [5.74, 6) is 1.20. The molecule has 0 aromatic heterocycles. The number of rotatable bonds is 2. The molecule has 1 atom stereocenters. The van der Waals surface area contributed by atoms with Gasteiger partial charge in [-0.15, -0.1) is 5.56 Å². The molecular weight excluding hydrogens is 619 g/mol. The van der Waals surface area contributed by atoms with Gasteiger partial charge in [0, 0.05) is 0 Å². The Bertz CT molecular complexity index is 1290. The van der Waals surface area contributed by atoms with Gasteiger partial charge in [0.1, 0.15) is 0 Å². The molecule has 3 aromatic carbocycles.